The van der Waals surface area contributed by atoms with E-state index >= 15 is 0 Å². The summed E-state index contributed by atoms with van der Waals surface area (Å²) in [4.78, 5) is 0. The molecule has 0 amide bonds. The molecule has 0 bridgehead atoms. The molecule has 0 aromatic heterocycles. The lowest BCUT2D eigenvalue weighted by molar-refractivity contribution is -0.388. The standard InChI is InChI=1S/C24H46O12/c1-2-3-4-5-6-7-8-9-10-15(28)13-33-21-20(31)18(29)16(11-25)34-23(21)36-24(14-27)22(32)19(30)17(12-26)35-24/h15-23,25-32H,2-14H2,1H3/t15-,16-,17-,18-,19-,20+,21-,22+,23-,24+/m1/s1. The molecule has 12 heteroatoms. The van der Waals surface area contributed by atoms with Gasteiger partial charge in [-0.25, -0.2) is 0 Å². The summed E-state index contributed by atoms with van der Waals surface area (Å²) in [6.07, 6.45) is -3.47. The zero-order chi connectivity index (χ0) is 26.7. The Balaban J connectivity index is 1.94. The predicted molar refractivity (Wildman–Crippen MR) is 126 cm³/mol. The van der Waals surface area contributed by atoms with Gasteiger partial charge in [-0.05, 0) is 6.42 Å². The van der Waals surface area contributed by atoms with E-state index in [9.17, 15) is 40.9 Å². The van der Waals surface area contributed by atoms with Crippen LogP contribution in [0.5, 0.6) is 0 Å². The van der Waals surface area contributed by atoms with Crippen molar-refractivity contribution in [3.63, 3.8) is 0 Å². The number of aliphatic hydroxyl groups excluding tert-OH is 8. The van der Waals surface area contributed by atoms with E-state index in [0.717, 1.165) is 25.7 Å². The molecule has 2 aliphatic rings. The summed E-state index contributed by atoms with van der Waals surface area (Å²) < 4.78 is 22.2. The Labute approximate surface area is 212 Å². The molecule has 36 heavy (non-hydrogen) atoms. The van der Waals surface area contributed by atoms with Crippen LogP contribution in [-0.4, -0.2) is 128 Å². The lowest BCUT2D eigenvalue weighted by atomic mass is 9.98. The second-order valence-corrected chi connectivity index (χ2v) is 9.78. The van der Waals surface area contributed by atoms with E-state index in [1.807, 2.05) is 0 Å². The van der Waals surface area contributed by atoms with Crippen LogP contribution in [-0.2, 0) is 18.9 Å². The normalized spacial score (nSPS) is 37.9. The van der Waals surface area contributed by atoms with Crippen LogP contribution in [0.1, 0.15) is 64.7 Å². The lowest BCUT2D eigenvalue weighted by Gasteiger charge is -2.45. The smallest absolute Gasteiger partial charge is 0.224 e. The van der Waals surface area contributed by atoms with Gasteiger partial charge in [-0.1, -0.05) is 58.3 Å². The van der Waals surface area contributed by atoms with Gasteiger partial charge in [-0.2, -0.15) is 0 Å². The van der Waals surface area contributed by atoms with Crippen LogP contribution >= 0.6 is 0 Å². The summed E-state index contributed by atoms with van der Waals surface area (Å²) in [6, 6.07) is 0. The molecular formula is C24H46O12. The SMILES string of the molecule is CCCCCCCCCC[C@@H](O)CO[C@H]1[C@@H](O[C@]2(CO)O[C@H](CO)[C@@H](O)[C@@H]2O)O[C@H](CO)[C@@H](O)[C@@H]1O. The predicted octanol–water partition coefficient (Wildman–Crippen LogP) is -1.48. The zero-order valence-electron chi connectivity index (χ0n) is 21.1. The molecule has 0 aromatic rings. The molecule has 0 spiro atoms. The fourth-order valence-corrected chi connectivity index (χ4v) is 4.61. The fourth-order valence-electron chi connectivity index (χ4n) is 4.61. The summed E-state index contributed by atoms with van der Waals surface area (Å²) in [5.41, 5.74) is 0. The first-order chi connectivity index (χ1) is 17.2. The average molecular weight is 527 g/mol. The Morgan fingerprint density at radius 1 is 0.806 bits per heavy atom. The quantitative estimate of drug-likeness (QED) is 0.102. The van der Waals surface area contributed by atoms with E-state index in [1.165, 1.54) is 25.7 Å². The minimum absolute atomic E-state index is 0.213. The zero-order valence-corrected chi connectivity index (χ0v) is 21.1. The number of ether oxygens (including phenoxy) is 4. The molecule has 2 rings (SSSR count). The van der Waals surface area contributed by atoms with Crippen LogP contribution in [0.3, 0.4) is 0 Å². The first kappa shape index (κ1) is 31.7. The van der Waals surface area contributed by atoms with Gasteiger partial charge >= 0.3 is 0 Å². The Morgan fingerprint density at radius 2 is 1.42 bits per heavy atom. The molecule has 2 saturated heterocycles. The summed E-state index contributed by atoms with van der Waals surface area (Å²) in [5, 5.41) is 80.6. The highest BCUT2D eigenvalue weighted by Crippen LogP contribution is 2.36. The van der Waals surface area contributed by atoms with E-state index in [2.05, 4.69) is 6.92 Å². The second-order valence-electron chi connectivity index (χ2n) is 9.78. The minimum Gasteiger partial charge on any atom is -0.394 e. The Hall–Kier alpha value is -0.480. The number of rotatable bonds is 17. The highest BCUT2D eigenvalue weighted by molar-refractivity contribution is 4.98. The van der Waals surface area contributed by atoms with Crippen molar-refractivity contribution < 1.29 is 59.8 Å². The summed E-state index contributed by atoms with van der Waals surface area (Å²) in [6.45, 7) is -0.327. The Bertz CT molecular complexity index is 597. The van der Waals surface area contributed by atoms with Crippen molar-refractivity contribution in [3.8, 4) is 0 Å². The molecule has 2 fully saturated rings. The molecular weight excluding hydrogens is 480 g/mol. The number of aliphatic hydroxyl groups is 8. The van der Waals surface area contributed by atoms with E-state index in [0.29, 0.717) is 6.42 Å². The van der Waals surface area contributed by atoms with Gasteiger partial charge < -0.3 is 59.8 Å². The molecule has 214 valence electrons. The van der Waals surface area contributed by atoms with Crippen molar-refractivity contribution in [2.24, 2.45) is 0 Å². The average Bonchev–Trinajstić information content (AvgIpc) is 3.12. The first-order valence-electron chi connectivity index (χ1n) is 13.1. The lowest BCUT2D eigenvalue weighted by Crippen LogP contribution is -2.63. The van der Waals surface area contributed by atoms with Crippen molar-refractivity contribution in [2.45, 2.75) is 126 Å². The molecule has 0 saturated carbocycles. The molecule has 8 N–H and O–H groups in total. The van der Waals surface area contributed by atoms with Gasteiger partial charge in [0.15, 0.2) is 6.29 Å². The maximum atomic E-state index is 10.6. The molecule has 0 unspecified atom stereocenters. The third-order valence-electron chi connectivity index (χ3n) is 6.92. The van der Waals surface area contributed by atoms with Crippen LogP contribution in [0.25, 0.3) is 0 Å². The van der Waals surface area contributed by atoms with E-state index in [1.54, 1.807) is 0 Å². The number of unbranched alkanes of at least 4 members (excludes halogenated alkanes) is 7. The van der Waals surface area contributed by atoms with Crippen molar-refractivity contribution in [3.05, 3.63) is 0 Å². The molecule has 0 aliphatic carbocycles. The number of hydrogen-bond acceptors (Lipinski definition) is 12. The van der Waals surface area contributed by atoms with Crippen molar-refractivity contribution >= 4 is 0 Å². The molecule has 2 heterocycles. The first-order valence-corrected chi connectivity index (χ1v) is 13.1. The summed E-state index contributed by atoms with van der Waals surface area (Å²) in [5.74, 6) is -2.23. The Kier molecular flexibility index (Phi) is 13.9. The molecule has 0 radical (unpaired) electrons. The van der Waals surface area contributed by atoms with Crippen LogP contribution in [0, 0.1) is 0 Å². The van der Waals surface area contributed by atoms with Crippen molar-refractivity contribution in [2.75, 3.05) is 26.4 Å². The third kappa shape index (κ3) is 8.26. The molecule has 2 aliphatic heterocycles. The van der Waals surface area contributed by atoms with E-state index in [-0.39, 0.29) is 6.61 Å². The maximum Gasteiger partial charge on any atom is 0.224 e. The maximum absolute atomic E-state index is 10.6. The molecule has 0 aromatic carbocycles. The van der Waals surface area contributed by atoms with Gasteiger partial charge in [0.05, 0.1) is 25.9 Å². The summed E-state index contributed by atoms with van der Waals surface area (Å²) in [7, 11) is 0. The van der Waals surface area contributed by atoms with Gasteiger partial charge in [-0.3, -0.25) is 0 Å². The molecule has 10 atom stereocenters. The van der Waals surface area contributed by atoms with Gasteiger partial charge in [0.2, 0.25) is 5.79 Å². The van der Waals surface area contributed by atoms with Gasteiger partial charge in [0, 0.05) is 0 Å². The van der Waals surface area contributed by atoms with Crippen molar-refractivity contribution in [1.82, 2.24) is 0 Å². The molecule has 12 nitrogen and oxygen atoms in total. The van der Waals surface area contributed by atoms with Crippen LogP contribution in [0.4, 0.5) is 0 Å². The van der Waals surface area contributed by atoms with E-state index in [4.69, 9.17) is 18.9 Å². The topological polar surface area (TPSA) is 199 Å². The van der Waals surface area contributed by atoms with Crippen LogP contribution in [0.2, 0.25) is 0 Å². The van der Waals surface area contributed by atoms with Crippen LogP contribution < -0.4 is 0 Å². The monoisotopic (exact) mass is 526 g/mol. The fraction of sp³-hybridized carbons (Fsp3) is 1.00. The largest absolute Gasteiger partial charge is 0.394 e. The summed E-state index contributed by atoms with van der Waals surface area (Å²) >= 11 is 0. The second kappa shape index (κ2) is 15.8. The Morgan fingerprint density at radius 3 is 1.97 bits per heavy atom. The minimum atomic E-state index is -2.23. The third-order valence-corrected chi connectivity index (χ3v) is 6.92. The van der Waals surface area contributed by atoms with Gasteiger partial charge in [0.1, 0.15) is 49.3 Å². The van der Waals surface area contributed by atoms with Crippen LogP contribution in [0.15, 0.2) is 0 Å². The van der Waals surface area contributed by atoms with Gasteiger partial charge in [-0.15, -0.1) is 0 Å². The van der Waals surface area contributed by atoms with Gasteiger partial charge in [0.25, 0.3) is 0 Å². The van der Waals surface area contributed by atoms with E-state index < -0.39 is 80.7 Å². The highest BCUT2D eigenvalue weighted by atomic mass is 16.8. The highest BCUT2D eigenvalue weighted by Gasteiger charge is 2.58. The van der Waals surface area contributed by atoms with Crippen molar-refractivity contribution in [1.29, 1.82) is 0 Å². The number of hydrogen-bond donors (Lipinski definition) is 8.